The maximum Gasteiger partial charge on any atom is 0.268 e. The van der Waals surface area contributed by atoms with E-state index in [9.17, 15) is 4.79 Å². The topological polar surface area (TPSA) is 65.0 Å². The number of hydrogen-bond acceptors (Lipinski definition) is 2. The zero-order chi connectivity index (χ0) is 15.7. The largest absolute Gasteiger partial charge is 0.354 e. The number of nitrogens with one attached hydrogen (secondary N) is 3. The molecule has 3 N–H and O–H groups in total. The summed E-state index contributed by atoms with van der Waals surface area (Å²) in [6.45, 7) is 9.63. The molecule has 3 rings (SSSR count). The number of nitrogens with zero attached hydrogens (tertiary/aromatic N) is 1. The number of hydrogen-bond donors (Lipinski definition) is 3. The van der Waals surface area contributed by atoms with Crippen molar-refractivity contribution in [3.63, 3.8) is 0 Å². The molecule has 112 valence electrons. The highest BCUT2D eigenvalue weighted by atomic mass is 35.5. The summed E-state index contributed by atoms with van der Waals surface area (Å²) in [5, 5.41) is 9.17. The third-order valence-corrected chi connectivity index (χ3v) is 4.14. The molecule has 1 aliphatic heterocycles. The first-order valence-corrected chi connectivity index (χ1v) is 7.47. The fraction of sp³-hybridized carbons (Fsp3) is 0.250. The van der Waals surface area contributed by atoms with E-state index >= 15 is 0 Å². The maximum absolute atomic E-state index is 12.2. The Labute approximate surface area is 132 Å². The molecule has 1 aromatic heterocycles. The fourth-order valence-corrected chi connectivity index (χ4v) is 3.10. The lowest BCUT2D eigenvalue weighted by molar-refractivity contribution is 0.843. The van der Waals surface area contributed by atoms with Crippen molar-refractivity contribution in [2.75, 3.05) is 5.32 Å². The Morgan fingerprint density at radius 2 is 2.09 bits per heavy atom. The molecule has 0 radical (unpaired) electrons. The molecule has 2 aromatic rings. The molecule has 1 atom stereocenters. The number of anilines is 1. The molecule has 1 aromatic carbocycles. The van der Waals surface area contributed by atoms with Crippen molar-refractivity contribution in [3.05, 3.63) is 73.6 Å². The van der Waals surface area contributed by atoms with Crippen LogP contribution >= 0.6 is 11.6 Å². The van der Waals surface area contributed by atoms with Crippen LogP contribution in [0.5, 0.6) is 0 Å². The lowest BCUT2D eigenvalue weighted by Gasteiger charge is -2.26. The highest BCUT2D eigenvalue weighted by Crippen LogP contribution is 2.42. The summed E-state index contributed by atoms with van der Waals surface area (Å²) in [6, 6.07) is 7.35. The number of aromatic amines is 2. The third-order valence-electron chi connectivity index (χ3n) is 3.80. The van der Waals surface area contributed by atoms with E-state index in [4.69, 9.17) is 18.2 Å². The van der Waals surface area contributed by atoms with E-state index < -0.39 is 5.92 Å². The fourth-order valence-electron chi connectivity index (χ4n) is 2.85. The monoisotopic (exact) mass is 314 g/mol. The molecule has 0 saturated heterocycles. The Morgan fingerprint density at radius 3 is 2.77 bits per heavy atom. The van der Waals surface area contributed by atoms with Crippen LogP contribution in [0, 0.1) is 6.57 Å². The predicted octanol–water partition coefficient (Wildman–Crippen LogP) is 3.84. The third kappa shape index (κ3) is 2.22. The van der Waals surface area contributed by atoms with Crippen LogP contribution < -0.4 is 10.9 Å². The van der Waals surface area contributed by atoms with E-state index in [-0.39, 0.29) is 5.56 Å². The minimum absolute atomic E-state index is 0.232. The molecular weight excluding hydrogens is 300 g/mol. The minimum atomic E-state index is -0.445. The van der Waals surface area contributed by atoms with Crippen molar-refractivity contribution >= 4 is 17.4 Å². The van der Waals surface area contributed by atoms with Crippen molar-refractivity contribution in [1.82, 2.24) is 10.2 Å². The number of H-pyrrole nitrogens is 2. The van der Waals surface area contributed by atoms with Crippen molar-refractivity contribution in [2.45, 2.75) is 25.7 Å². The molecule has 0 bridgehead atoms. The molecule has 0 aliphatic carbocycles. The summed E-state index contributed by atoms with van der Waals surface area (Å²) in [7, 11) is 0. The van der Waals surface area contributed by atoms with E-state index in [2.05, 4.69) is 27.3 Å². The van der Waals surface area contributed by atoms with E-state index in [1.807, 2.05) is 18.2 Å². The Kier molecular flexibility index (Phi) is 3.78. The molecule has 5 nitrogen and oxygen atoms in total. The van der Waals surface area contributed by atoms with Crippen LogP contribution in [-0.2, 0) is 0 Å². The molecule has 6 heteroatoms. The Hall–Kier alpha value is -2.45. The summed E-state index contributed by atoms with van der Waals surface area (Å²) < 4.78 is 0. The summed E-state index contributed by atoms with van der Waals surface area (Å²) in [5.41, 5.74) is 2.43. The minimum Gasteiger partial charge on any atom is -0.354 e. The van der Waals surface area contributed by atoms with Crippen LogP contribution in [0.15, 0.2) is 40.5 Å². The number of benzene rings is 1. The molecule has 1 aliphatic rings. The van der Waals surface area contributed by atoms with Gasteiger partial charge in [0, 0.05) is 10.7 Å². The SMILES string of the molecule is [C-]#[N+]C1=C(CCC)Nc2[nH][nH]c(=O)c2C1c1ccccc1Cl. The van der Waals surface area contributed by atoms with Gasteiger partial charge in [-0.15, -0.1) is 0 Å². The molecule has 0 saturated carbocycles. The molecule has 1 unspecified atom stereocenters. The van der Waals surface area contributed by atoms with Gasteiger partial charge in [0.1, 0.15) is 5.82 Å². The van der Waals surface area contributed by atoms with Crippen LogP contribution in [0.2, 0.25) is 5.02 Å². The number of fused-ring (bicyclic) bond motifs is 1. The van der Waals surface area contributed by atoms with Gasteiger partial charge in [-0.25, -0.2) is 4.85 Å². The Bertz CT molecular complexity index is 840. The first-order chi connectivity index (χ1) is 10.7. The number of allylic oxidation sites excluding steroid dienone is 2. The summed E-state index contributed by atoms with van der Waals surface area (Å²) >= 11 is 6.32. The molecule has 2 heterocycles. The van der Waals surface area contributed by atoms with E-state index in [0.717, 1.165) is 24.1 Å². The van der Waals surface area contributed by atoms with Crippen LogP contribution in [0.3, 0.4) is 0 Å². The first-order valence-electron chi connectivity index (χ1n) is 7.09. The zero-order valence-corrected chi connectivity index (χ0v) is 12.8. The summed E-state index contributed by atoms with van der Waals surface area (Å²) in [4.78, 5) is 15.9. The van der Waals surface area contributed by atoms with Crippen molar-refractivity contribution in [1.29, 1.82) is 0 Å². The molecule has 0 fully saturated rings. The van der Waals surface area contributed by atoms with E-state index in [1.165, 1.54) is 0 Å². The van der Waals surface area contributed by atoms with Crippen LogP contribution in [0.1, 0.15) is 36.8 Å². The van der Waals surface area contributed by atoms with Gasteiger partial charge in [-0.1, -0.05) is 43.1 Å². The Balaban J connectivity index is 2.27. The van der Waals surface area contributed by atoms with Crippen LogP contribution in [0.25, 0.3) is 4.85 Å². The number of aromatic nitrogens is 2. The predicted molar refractivity (Wildman–Crippen MR) is 86.9 cm³/mol. The summed E-state index contributed by atoms with van der Waals surface area (Å²) in [6.07, 6.45) is 1.64. The lowest BCUT2D eigenvalue weighted by Crippen LogP contribution is -2.22. The van der Waals surface area contributed by atoms with Gasteiger partial charge in [0.25, 0.3) is 5.56 Å². The van der Waals surface area contributed by atoms with Gasteiger partial charge in [0.2, 0.25) is 0 Å². The lowest BCUT2D eigenvalue weighted by atomic mass is 9.86. The zero-order valence-electron chi connectivity index (χ0n) is 12.0. The average Bonchev–Trinajstić information content (AvgIpc) is 2.88. The average molecular weight is 315 g/mol. The van der Waals surface area contributed by atoms with Gasteiger partial charge in [-0.3, -0.25) is 15.0 Å². The van der Waals surface area contributed by atoms with Gasteiger partial charge < -0.3 is 5.32 Å². The van der Waals surface area contributed by atoms with Gasteiger partial charge in [-0.2, -0.15) is 0 Å². The molecule has 0 spiro atoms. The highest BCUT2D eigenvalue weighted by Gasteiger charge is 2.34. The molecule has 22 heavy (non-hydrogen) atoms. The molecule has 0 amide bonds. The standard InChI is InChI=1S/C16H15ClN4O/c1-3-6-11-14(18-2)12(9-7-4-5-8-10(9)17)13-15(19-11)20-21-16(13)22/h4-5,7-8,12H,3,6H2,1H3,(H3,19,20,21,22). The van der Waals surface area contributed by atoms with Gasteiger partial charge >= 0.3 is 0 Å². The van der Waals surface area contributed by atoms with Gasteiger partial charge in [-0.05, 0) is 18.1 Å². The van der Waals surface area contributed by atoms with Gasteiger partial charge in [0.15, 0.2) is 5.70 Å². The second-order valence-electron chi connectivity index (χ2n) is 5.17. The van der Waals surface area contributed by atoms with Crippen molar-refractivity contribution in [2.24, 2.45) is 0 Å². The van der Waals surface area contributed by atoms with E-state index in [1.54, 1.807) is 6.07 Å². The molecular formula is C16H15ClN4O. The second kappa shape index (κ2) is 5.74. The summed E-state index contributed by atoms with van der Waals surface area (Å²) in [5.74, 6) is 0.171. The smallest absolute Gasteiger partial charge is 0.268 e. The number of halogens is 1. The highest BCUT2D eigenvalue weighted by molar-refractivity contribution is 6.31. The number of rotatable bonds is 3. The van der Waals surface area contributed by atoms with Crippen molar-refractivity contribution < 1.29 is 0 Å². The normalized spacial score (nSPS) is 16.9. The first kappa shape index (κ1) is 14.5. The van der Waals surface area contributed by atoms with Crippen LogP contribution in [0.4, 0.5) is 5.82 Å². The Morgan fingerprint density at radius 1 is 1.32 bits per heavy atom. The second-order valence-corrected chi connectivity index (χ2v) is 5.58. The van der Waals surface area contributed by atoms with Crippen molar-refractivity contribution in [3.8, 4) is 0 Å². The maximum atomic E-state index is 12.2. The van der Waals surface area contributed by atoms with Crippen LogP contribution in [-0.4, -0.2) is 10.2 Å². The van der Waals surface area contributed by atoms with Gasteiger partial charge in [0.05, 0.1) is 18.1 Å². The quantitative estimate of drug-likeness (QED) is 0.753. The van der Waals surface area contributed by atoms with E-state index in [0.29, 0.717) is 22.1 Å².